The molecule has 2 amide bonds. The van der Waals surface area contributed by atoms with Gasteiger partial charge in [0, 0.05) is 45.1 Å². The number of aromatic nitrogens is 3. The van der Waals surface area contributed by atoms with Gasteiger partial charge in [-0.05, 0) is 47.5 Å². The van der Waals surface area contributed by atoms with Gasteiger partial charge >= 0.3 is 0 Å². The summed E-state index contributed by atoms with van der Waals surface area (Å²) in [5, 5.41) is 16.0. The Bertz CT molecular complexity index is 1480. The first-order valence-corrected chi connectivity index (χ1v) is 12.5. The number of hydrogen-bond acceptors (Lipinski definition) is 6. The van der Waals surface area contributed by atoms with Gasteiger partial charge in [0.15, 0.2) is 0 Å². The second kappa shape index (κ2) is 11.7. The van der Waals surface area contributed by atoms with Crippen molar-refractivity contribution in [3.8, 4) is 6.07 Å². The van der Waals surface area contributed by atoms with Crippen LogP contribution in [0.2, 0.25) is 0 Å². The van der Waals surface area contributed by atoms with Crippen LogP contribution in [0.4, 0.5) is 10.1 Å². The van der Waals surface area contributed by atoms with Crippen molar-refractivity contribution in [2.75, 3.05) is 31.5 Å². The van der Waals surface area contributed by atoms with E-state index < -0.39 is 5.91 Å². The lowest BCUT2D eigenvalue weighted by molar-refractivity contribution is 0.0627. The van der Waals surface area contributed by atoms with Gasteiger partial charge in [0.2, 0.25) is 0 Å². The quantitative estimate of drug-likeness (QED) is 0.397. The molecule has 5 rings (SSSR count). The second-order valence-corrected chi connectivity index (χ2v) is 9.32. The number of rotatable bonds is 7. The van der Waals surface area contributed by atoms with Gasteiger partial charge in [-0.1, -0.05) is 24.3 Å². The van der Waals surface area contributed by atoms with Crippen LogP contribution in [0, 0.1) is 17.1 Å². The van der Waals surface area contributed by atoms with E-state index in [1.807, 2.05) is 12.1 Å². The lowest BCUT2D eigenvalue weighted by Gasteiger charge is -2.34. The molecule has 0 spiro atoms. The van der Waals surface area contributed by atoms with Crippen LogP contribution >= 0.6 is 0 Å². The van der Waals surface area contributed by atoms with Crippen LogP contribution in [0.15, 0.2) is 79.3 Å². The molecule has 3 heterocycles. The predicted molar refractivity (Wildman–Crippen MR) is 142 cm³/mol. The first kappa shape index (κ1) is 25.8. The minimum atomic E-state index is -0.402. The zero-order valence-electron chi connectivity index (χ0n) is 21.1. The van der Waals surface area contributed by atoms with Crippen LogP contribution in [-0.2, 0) is 13.1 Å². The fraction of sp³-hybridized carbons (Fsp3) is 0.207. The van der Waals surface area contributed by atoms with Gasteiger partial charge in [-0.15, -0.1) is 0 Å². The molecule has 2 aromatic carbocycles. The van der Waals surface area contributed by atoms with Crippen molar-refractivity contribution in [3.05, 3.63) is 113 Å². The van der Waals surface area contributed by atoms with Gasteiger partial charge in [-0.3, -0.25) is 24.2 Å². The van der Waals surface area contributed by atoms with Gasteiger partial charge in [-0.2, -0.15) is 10.4 Å². The molecule has 0 bridgehead atoms. The maximum atomic E-state index is 13.1. The molecule has 0 aliphatic carbocycles. The highest BCUT2D eigenvalue weighted by molar-refractivity contribution is 6.03. The van der Waals surface area contributed by atoms with Crippen molar-refractivity contribution in [1.82, 2.24) is 24.6 Å². The Labute approximate surface area is 225 Å². The Hall–Kier alpha value is -4.88. The Morgan fingerprint density at radius 3 is 2.26 bits per heavy atom. The highest BCUT2D eigenvalue weighted by Crippen LogP contribution is 2.14. The van der Waals surface area contributed by atoms with E-state index >= 15 is 0 Å². The molecule has 10 heteroatoms. The van der Waals surface area contributed by atoms with Crippen molar-refractivity contribution in [2.24, 2.45) is 0 Å². The highest BCUT2D eigenvalue weighted by atomic mass is 19.1. The molecule has 0 atom stereocenters. The monoisotopic (exact) mass is 523 g/mol. The minimum Gasteiger partial charge on any atom is -0.336 e. The molecule has 0 unspecified atom stereocenters. The molecule has 2 aromatic heterocycles. The normalized spacial score (nSPS) is 13.6. The maximum absolute atomic E-state index is 13.1. The molecule has 1 saturated heterocycles. The topological polar surface area (TPSA) is 107 Å². The van der Waals surface area contributed by atoms with Crippen LogP contribution in [-0.4, -0.2) is 62.6 Å². The SMILES string of the molecule is N#Cc1ccc(Cn2cc(NC(=O)c3ccc(C(=O)N4CCN(Cc5ccc(F)cc5)CC4)cn3)cn2)cc1. The molecular formula is C29H26FN7O2. The van der Waals surface area contributed by atoms with Crippen LogP contribution in [0.5, 0.6) is 0 Å². The summed E-state index contributed by atoms with van der Waals surface area (Å²) in [5.74, 6) is -0.778. The van der Waals surface area contributed by atoms with Crippen LogP contribution in [0.25, 0.3) is 0 Å². The van der Waals surface area contributed by atoms with E-state index in [4.69, 9.17) is 5.26 Å². The molecule has 4 aromatic rings. The summed E-state index contributed by atoms with van der Waals surface area (Å²) in [4.78, 5) is 33.9. The molecule has 1 aliphatic rings. The summed E-state index contributed by atoms with van der Waals surface area (Å²) >= 11 is 0. The third kappa shape index (κ3) is 6.52. The van der Waals surface area contributed by atoms with Crippen molar-refractivity contribution >= 4 is 17.5 Å². The molecule has 9 nitrogen and oxygen atoms in total. The van der Waals surface area contributed by atoms with Crippen LogP contribution in [0.1, 0.15) is 37.5 Å². The summed E-state index contributed by atoms with van der Waals surface area (Å²) in [6.07, 6.45) is 4.69. The third-order valence-electron chi connectivity index (χ3n) is 6.54. The zero-order chi connectivity index (χ0) is 27.2. The number of pyridine rings is 1. The molecule has 1 N–H and O–H groups in total. The van der Waals surface area contributed by atoms with Gasteiger partial charge in [-0.25, -0.2) is 4.39 Å². The second-order valence-electron chi connectivity index (χ2n) is 9.32. The number of nitriles is 1. The van der Waals surface area contributed by atoms with Gasteiger partial charge in [0.1, 0.15) is 11.5 Å². The van der Waals surface area contributed by atoms with Crippen LogP contribution in [0.3, 0.4) is 0 Å². The number of anilines is 1. The van der Waals surface area contributed by atoms with Crippen LogP contribution < -0.4 is 5.32 Å². The Balaban J connectivity index is 1.11. The molecule has 0 radical (unpaired) electrons. The highest BCUT2D eigenvalue weighted by Gasteiger charge is 2.23. The summed E-state index contributed by atoms with van der Waals surface area (Å²) in [5.41, 5.74) is 3.74. The summed E-state index contributed by atoms with van der Waals surface area (Å²) in [6.45, 7) is 3.80. The first-order valence-electron chi connectivity index (χ1n) is 12.5. The number of carbonyl (C=O) groups excluding carboxylic acids is 2. The van der Waals surface area contributed by atoms with Gasteiger partial charge in [0.25, 0.3) is 11.8 Å². The summed E-state index contributed by atoms with van der Waals surface area (Å²) in [7, 11) is 0. The molecule has 1 fully saturated rings. The zero-order valence-corrected chi connectivity index (χ0v) is 21.1. The molecule has 0 saturated carbocycles. The summed E-state index contributed by atoms with van der Waals surface area (Å²) < 4.78 is 14.8. The number of nitrogens with zero attached hydrogens (tertiary/aromatic N) is 6. The van der Waals surface area contributed by atoms with Crippen molar-refractivity contribution in [3.63, 3.8) is 0 Å². The standard InChI is InChI=1S/C29H26FN7O2/c30-25-8-5-22(6-9-25)18-35-11-13-36(14-12-35)29(39)24-7-10-27(32-16-24)28(38)34-26-17-33-37(20-26)19-23-3-1-21(15-31)2-4-23/h1-10,16-17,20H,11-14,18-19H2,(H,34,38). The smallest absolute Gasteiger partial charge is 0.274 e. The number of piperazine rings is 1. The predicted octanol–water partition coefficient (Wildman–Crippen LogP) is 3.55. The molecule has 39 heavy (non-hydrogen) atoms. The largest absolute Gasteiger partial charge is 0.336 e. The van der Waals surface area contributed by atoms with Gasteiger partial charge in [0.05, 0.1) is 35.6 Å². The van der Waals surface area contributed by atoms with E-state index in [0.29, 0.717) is 43.0 Å². The van der Waals surface area contributed by atoms with E-state index in [1.165, 1.54) is 24.4 Å². The average Bonchev–Trinajstić information content (AvgIpc) is 3.41. The third-order valence-corrected chi connectivity index (χ3v) is 6.54. The Morgan fingerprint density at radius 1 is 0.897 bits per heavy atom. The fourth-order valence-corrected chi connectivity index (χ4v) is 4.38. The van der Waals surface area contributed by atoms with E-state index in [2.05, 4.69) is 26.4 Å². The average molecular weight is 524 g/mol. The fourth-order valence-electron chi connectivity index (χ4n) is 4.38. The van der Waals surface area contributed by atoms with E-state index in [9.17, 15) is 14.0 Å². The number of hydrogen-bond donors (Lipinski definition) is 1. The van der Waals surface area contributed by atoms with E-state index in [1.54, 1.807) is 52.3 Å². The Kier molecular flexibility index (Phi) is 7.70. The van der Waals surface area contributed by atoms with E-state index in [0.717, 1.165) is 24.2 Å². The molecule has 1 aliphatic heterocycles. The number of halogens is 1. The number of carbonyl (C=O) groups is 2. The van der Waals surface area contributed by atoms with Crippen molar-refractivity contribution < 1.29 is 14.0 Å². The molecular weight excluding hydrogens is 497 g/mol. The minimum absolute atomic E-state index is 0.125. The van der Waals surface area contributed by atoms with Gasteiger partial charge < -0.3 is 10.2 Å². The number of nitrogens with one attached hydrogen (secondary N) is 1. The first-order chi connectivity index (χ1) is 19.0. The lowest BCUT2D eigenvalue weighted by atomic mass is 10.1. The number of benzene rings is 2. The lowest BCUT2D eigenvalue weighted by Crippen LogP contribution is -2.48. The van der Waals surface area contributed by atoms with Crippen molar-refractivity contribution in [1.29, 1.82) is 5.26 Å². The van der Waals surface area contributed by atoms with E-state index in [-0.39, 0.29) is 17.4 Å². The van der Waals surface area contributed by atoms with Crippen molar-refractivity contribution in [2.45, 2.75) is 13.1 Å². The Morgan fingerprint density at radius 2 is 1.59 bits per heavy atom. The maximum Gasteiger partial charge on any atom is 0.274 e. The number of amides is 2. The summed E-state index contributed by atoms with van der Waals surface area (Å²) in [6, 6.07) is 18.9. The molecule has 196 valence electrons.